The van der Waals surface area contributed by atoms with Crippen molar-refractivity contribution in [3.05, 3.63) is 250 Å². The molecule has 7 nitrogen and oxygen atoms in total. The maximum absolute atomic E-state index is 6.33. The Labute approximate surface area is 623 Å². The van der Waals surface area contributed by atoms with Gasteiger partial charge in [0.15, 0.2) is 0 Å². The van der Waals surface area contributed by atoms with Crippen molar-refractivity contribution in [2.45, 2.75) is 279 Å². The molecule has 0 bridgehead atoms. The van der Waals surface area contributed by atoms with E-state index >= 15 is 0 Å². The Bertz CT molecular complexity index is 3590. The van der Waals surface area contributed by atoms with Gasteiger partial charge in [-0.25, -0.2) is 0 Å². The molecule has 8 aromatic carbocycles. The van der Waals surface area contributed by atoms with Gasteiger partial charge >= 0.3 is 0 Å². The maximum Gasteiger partial charge on any atom is 0.109 e. The first-order chi connectivity index (χ1) is 50.0. The van der Waals surface area contributed by atoms with Gasteiger partial charge in [-0.05, 0) is 233 Å². The molecule has 7 aliphatic rings. The molecule has 7 aliphatic carbocycles. The second kappa shape index (κ2) is 41.4. The quantitative estimate of drug-likeness (QED) is 0.0842. The van der Waals surface area contributed by atoms with Crippen molar-refractivity contribution in [1.82, 2.24) is 0 Å². The fraction of sp³-hybridized carbons (Fsp3) is 0.500. The lowest BCUT2D eigenvalue weighted by Crippen LogP contribution is -2.18. The molecule has 0 saturated heterocycles. The summed E-state index contributed by atoms with van der Waals surface area (Å²) >= 11 is 0. The van der Waals surface area contributed by atoms with Crippen LogP contribution in [0.1, 0.15) is 279 Å². The third-order valence-corrected chi connectivity index (χ3v) is 22.4. The first-order valence-corrected chi connectivity index (χ1v) is 40.1. The van der Waals surface area contributed by atoms with E-state index in [1.54, 1.807) is 0 Å². The van der Waals surface area contributed by atoms with Crippen LogP contribution in [0.3, 0.4) is 0 Å². The molecule has 0 heterocycles. The molecule has 0 spiro atoms. The van der Waals surface area contributed by atoms with Crippen molar-refractivity contribution in [2.24, 2.45) is 17.8 Å². The van der Waals surface area contributed by atoms with E-state index in [0.29, 0.717) is 42.5 Å². The summed E-state index contributed by atoms with van der Waals surface area (Å²) in [5.41, 5.74) is 21.5. The Morgan fingerprint density at radius 3 is 0.864 bits per heavy atom. The lowest BCUT2D eigenvalue weighted by atomic mass is 9.95. The lowest BCUT2D eigenvalue weighted by molar-refractivity contribution is -0.00443. The van der Waals surface area contributed by atoms with Crippen molar-refractivity contribution in [1.29, 1.82) is 0 Å². The third-order valence-electron chi connectivity index (χ3n) is 22.4. The highest BCUT2D eigenvalue weighted by molar-refractivity contribution is 5.80. The average molecular weight is 1390 g/mol. The Balaban J connectivity index is 0.000000141. The fourth-order valence-corrected chi connectivity index (χ4v) is 15.7. The first kappa shape index (κ1) is 80.6. The molecule has 103 heavy (non-hydrogen) atoms. The van der Waals surface area contributed by atoms with Gasteiger partial charge in [0.25, 0.3) is 0 Å². The van der Waals surface area contributed by atoms with Crippen molar-refractivity contribution in [3.8, 4) is 33.4 Å². The molecule has 7 unspecified atom stereocenters. The minimum Gasteiger partial charge on any atom is -0.381 e. The van der Waals surface area contributed by atoms with Crippen LogP contribution in [0.15, 0.2) is 194 Å². The molecular formula is C96H128O7. The van der Waals surface area contributed by atoms with Crippen LogP contribution < -0.4 is 0 Å². The van der Waals surface area contributed by atoms with Crippen LogP contribution >= 0.6 is 0 Å². The molecule has 0 aliphatic heterocycles. The normalized spacial score (nSPS) is 18.6. The van der Waals surface area contributed by atoms with E-state index in [1.165, 1.54) is 179 Å². The summed E-state index contributed by atoms with van der Waals surface area (Å²) in [6, 6.07) is 68.6. The van der Waals surface area contributed by atoms with E-state index in [4.69, 9.17) is 33.2 Å². The summed E-state index contributed by atoms with van der Waals surface area (Å²) in [6.07, 6.45) is 27.2. The van der Waals surface area contributed by atoms with Crippen LogP contribution in [0.5, 0.6) is 0 Å². The van der Waals surface area contributed by atoms with E-state index in [9.17, 15) is 0 Å². The molecule has 554 valence electrons. The van der Waals surface area contributed by atoms with Crippen molar-refractivity contribution in [3.63, 3.8) is 0 Å². The van der Waals surface area contributed by atoms with Gasteiger partial charge in [0, 0.05) is 14.2 Å². The summed E-state index contributed by atoms with van der Waals surface area (Å²) in [6.45, 7) is 28.0. The Kier molecular flexibility index (Phi) is 32.4. The molecule has 7 atom stereocenters. The Morgan fingerprint density at radius 1 is 0.291 bits per heavy atom. The average Bonchev–Trinajstić information content (AvgIpc) is 1.63. The minimum absolute atomic E-state index is 0.0878. The second-order valence-electron chi connectivity index (χ2n) is 30.7. The van der Waals surface area contributed by atoms with Gasteiger partial charge in [0.1, 0.15) is 18.3 Å². The highest BCUT2D eigenvalue weighted by atomic mass is 16.5. The van der Waals surface area contributed by atoms with Crippen LogP contribution in [0.2, 0.25) is 0 Å². The van der Waals surface area contributed by atoms with E-state index < -0.39 is 0 Å². The van der Waals surface area contributed by atoms with Gasteiger partial charge in [-0.15, -0.1) is 0 Å². The zero-order chi connectivity index (χ0) is 73.2. The van der Waals surface area contributed by atoms with Gasteiger partial charge in [0.05, 0.1) is 54.9 Å². The van der Waals surface area contributed by atoms with Gasteiger partial charge in [-0.3, -0.25) is 0 Å². The lowest BCUT2D eigenvalue weighted by Gasteiger charge is -2.23. The number of fused-ring (bicyclic) bond motifs is 11. The number of methoxy groups -OCH3 is 2. The monoisotopic (exact) mass is 1390 g/mol. The van der Waals surface area contributed by atoms with E-state index in [2.05, 4.69) is 284 Å². The zero-order valence-electron chi connectivity index (χ0n) is 65.7. The molecule has 0 aromatic heterocycles. The minimum atomic E-state index is 0.0878. The fourth-order valence-electron chi connectivity index (χ4n) is 15.7. The SMILES string of the molecule is CC(C)C(C)OC1c2ccccc2-c2ccccc21.CC(C)OC1CCc2ccccc21.CC(C)OC1c2ccccc2-c2ccccc21.CCC(C)OC1CCc2ccccc21.CCC(C)OC1c2ccccc2-c2ccccc21.COC(C)C1CCCCCC1.COC(C)C1CCCCCC1. The highest BCUT2D eigenvalue weighted by Gasteiger charge is 2.33. The van der Waals surface area contributed by atoms with Crippen molar-refractivity contribution < 1.29 is 33.2 Å². The molecule has 0 N–H and O–H groups in total. The topological polar surface area (TPSA) is 64.6 Å². The van der Waals surface area contributed by atoms with E-state index in [0.717, 1.165) is 37.5 Å². The summed E-state index contributed by atoms with van der Waals surface area (Å²) < 4.78 is 41.1. The van der Waals surface area contributed by atoms with Gasteiger partial charge in [-0.2, -0.15) is 0 Å². The van der Waals surface area contributed by atoms with Crippen LogP contribution in [0.4, 0.5) is 0 Å². The molecule has 2 fully saturated rings. The van der Waals surface area contributed by atoms with Gasteiger partial charge < -0.3 is 33.2 Å². The number of rotatable bonds is 17. The van der Waals surface area contributed by atoms with E-state index in [-0.39, 0.29) is 36.6 Å². The standard InChI is InChI=1S/C18H20O.C17H18O.C16H16O.C13H18O.C12H16O.2C10H20O/c1-12(2)13(3)19-18-16-10-6-4-8-14(16)15-9-5-7-11-17(15)18;1-3-12(2)18-17-15-10-6-4-8-13(15)14-9-5-7-11-16(14)17;1-11(2)17-16-14-9-5-3-7-12(14)13-8-4-6-10-15(13)16;1-3-10(2)14-13-9-8-11-6-4-5-7-12(11)13;1-9(2)13-12-8-7-10-5-3-4-6-11(10)12;2*1-9(11-2)10-7-5-3-4-6-8-10/h4-13,18H,1-3H3;4-12,17H,3H2,1-2H3;3-11,16H,1-2H3;4-7,10,13H,3,8-9H2,1-2H3;3-6,9,12H,7-8H2,1-2H3;2*9-10H,3-8H2,1-2H3. The number of hydrogen-bond donors (Lipinski definition) is 0. The van der Waals surface area contributed by atoms with Gasteiger partial charge in [0.2, 0.25) is 0 Å². The maximum atomic E-state index is 6.33. The van der Waals surface area contributed by atoms with Crippen molar-refractivity contribution in [2.75, 3.05) is 14.2 Å². The van der Waals surface area contributed by atoms with Crippen LogP contribution in [0, 0.1) is 17.8 Å². The molecule has 2 saturated carbocycles. The van der Waals surface area contributed by atoms with Crippen LogP contribution in [-0.4, -0.2) is 56.9 Å². The first-order valence-electron chi connectivity index (χ1n) is 40.1. The summed E-state index contributed by atoms with van der Waals surface area (Å²) in [5.74, 6) is 2.20. The predicted octanol–water partition coefficient (Wildman–Crippen LogP) is 26.1. The second-order valence-corrected chi connectivity index (χ2v) is 30.7. The third kappa shape index (κ3) is 22.3. The summed E-state index contributed by atoms with van der Waals surface area (Å²) in [4.78, 5) is 0. The molecule has 7 heteroatoms. The Morgan fingerprint density at radius 2 is 0.563 bits per heavy atom. The number of benzene rings is 8. The molecule has 0 amide bonds. The molecular weight excluding hydrogens is 1270 g/mol. The highest BCUT2D eigenvalue weighted by Crippen LogP contribution is 2.49. The predicted molar refractivity (Wildman–Crippen MR) is 431 cm³/mol. The molecule has 8 aromatic rings. The smallest absolute Gasteiger partial charge is 0.109 e. The number of aryl methyl sites for hydroxylation is 2. The number of ether oxygens (including phenoxy) is 7. The zero-order valence-corrected chi connectivity index (χ0v) is 65.7. The Hall–Kier alpha value is -6.52. The molecule has 15 rings (SSSR count). The number of hydrogen-bond acceptors (Lipinski definition) is 7. The van der Waals surface area contributed by atoms with Crippen molar-refractivity contribution >= 4 is 0 Å². The largest absolute Gasteiger partial charge is 0.381 e. The summed E-state index contributed by atoms with van der Waals surface area (Å²) in [5, 5.41) is 0. The van der Waals surface area contributed by atoms with Crippen LogP contribution in [0.25, 0.3) is 33.4 Å². The van der Waals surface area contributed by atoms with E-state index in [1.807, 2.05) is 14.2 Å². The summed E-state index contributed by atoms with van der Waals surface area (Å²) in [7, 11) is 3.66. The molecule has 0 radical (unpaired) electrons. The van der Waals surface area contributed by atoms with Gasteiger partial charge in [-0.1, -0.05) is 273 Å². The van der Waals surface area contributed by atoms with Crippen LogP contribution in [-0.2, 0) is 46.0 Å².